The summed E-state index contributed by atoms with van der Waals surface area (Å²) < 4.78 is 0. The third kappa shape index (κ3) is 3.48. The molecule has 2 aliphatic rings. The third-order valence-electron chi connectivity index (χ3n) is 5.11. The van der Waals surface area contributed by atoms with Gasteiger partial charge in [0.2, 0.25) is 0 Å². The zero-order chi connectivity index (χ0) is 13.2. The van der Waals surface area contributed by atoms with Gasteiger partial charge in [0.25, 0.3) is 0 Å². The van der Waals surface area contributed by atoms with Crippen LogP contribution in [0.2, 0.25) is 0 Å². The van der Waals surface area contributed by atoms with E-state index < -0.39 is 0 Å². The first-order valence-electron chi connectivity index (χ1n) is 8.01. The van der Waals surface area contributed by atoms with E-state index in [0.717, 1.165) is 18.1 Å². The first-order valence-corrected chi connectivity index (χ1v) is 8.01. The van der Waals surface area contributed by atoms with Crippen LogP contribution in [0.3, 0.4) is 0 Å². The zero-order valence-corrected chi connectivity index (χ0v) is 12.8. The Morgan fingerprint density at radius 1 is 1.22 bits per heavy atom. The molecule has 2 nitrogen and oxygen atoms in total. The minimum Gasteiger partial charge on any atom is -0.311 e. The van der Waals surface area contributed by atoms with Crippen molar-refractivity contribution in [3.05, 3.63) is 0 Å². The molecule has 106 valence electrons. The van der Waals surface area contributed by atoms with Crippen LogP contribution in [0, 0.1) is 5.41 Å². The molecule has 1 saturated carbocycles. The van der Waals surface area contributed by atoms with Crippen LogP contribution in [0.4, 0.5) is 0 Å². The van der Waals surface area contributed by atoms with Crippen molar-refractivity contribution in [1.29, 1.82) is 0 Å². The van der Waals surface area contributed by atoms with Gasteiger partial charge in [-0.25, -0.2) is 0 Å². The summed E-state index contributed by atoms with van der Waals surface area (Å²) in [5.74, 6) is 0. The Labute approximate surface area is 114 Å². The van der Waals surface area contributed by atoms with E-state index >= 15 is 0 Å². The lowest BCUT2D eigenvalue weighted by Gasteiger charge is -2.47. The molecule has 1 aliphatic heterocycles. The van der Waals surface area contributed by atoms with E-state index in [-0.39, 0.29) is 0 Å². The molecule has 1 N–H and O–H groups in total. The maximum atomic E-state index is 3.71. The molecule has 1 saturated heterocycles. The van der Waals surface area contributed by atoms with Crippen LogP contribution < -0.4 is 5.32 Å². The first-order chi connectivity index (χ1) is 8.52. The summed E-state index contributed by atoms with van der Waals surface area (Å²) in [6.45, 7) is 12.0. The molecule has 2 rings (SSSR count). The van der Waals surface area contributed by atoms with Gasteiger partial charge in [0, 0.05) is 31.2 Å². The monoisotopic (exact) mass is 252 g/mol. The molecule has 2 heteroatoms. The first kappa shape index (κ1) is 14.3. The summed E-state index contributed by atoms with van der Waals surface area (Å²) in [6, 6.07) is 2.32. The quantitative estimate of drug-likeness (QED) is 0.828. The van der Waals surface area contributed by atoms with E-state index in [9.17, 15) is 0 Å². The maximum Gasteiger partial charge on any atom is 0.0196 e. The highest BCUT2D eigenvalue weighted by molar-refractivity contribution is 4.91. The van der Waals surface area contributed by atoms with Gasteiger partial charge in [0.1, 0.15) is 0 Å². The van der Waals surface area contributed by atoms with Crippen molar-refractivity contribution in [2.24, 2.45) is 5.41 Å². The Balaban J connectivity index is 1.90. The van der Waals surface area contributed by atoms with E-state index in [4.69, 9.17) is 0 Å². The van der Waals surface area contributed by atoms with Gasteiger partial charge in [-0.1, -0.05) is 27.2 Å². The summed E-state index contributed by atoms with van der Waals surface area (Å²) in [6.07, 6.45) is 8.28. The number of hydrogen-bond acceptors (Lipinski definition) is 2. The fourth-order valence-electron chi connectivity index (χ4n) is 3.72. The lowest BCUT2D eigenvalue weighted by molar-refractivity contribution is 0.0452. The number of hydrogen-bond donors (Lipinski definition) is 1. The van der Waals surface area contributed by atoms with Gasteiger partial charge in [-0.2, -0.15) is 0 Å². The van der Waals surface area contributed by atoms with Gasteiger partial charge < -0.3 is 5.32 Å². The second-order valence-corrected chi connectivity index (χ2v) is 7.34. The predicted octanol–water partition coefficient (Wildman–Crippen LogP) is 3.42. The van der Waals surface area contributed by atoms with Gasteiger partial charge in [-0.15, -0.1) is 0 Å². The van der Waals surface area contributed by atoms with E-state index in [2.05, 4.69) is 37.9 Å². The van der Waals surface area contributed by atoms with Crippen molar-refractivity contribution >= 4 is 0 Å². The van der Waals surface area contributed by atoms with E-state index in [1.807, 2.05) is 0 Å². The molecular weight excluding hydrogens is 220 g/mol. The zero-order valence-electron chi connectivity index (χ0n) is 12.8. The van der Waals surface area contributed by atoms with Crippen LogP contribution in [-0.2, 0) is 0 Å². The molecule has 0 amide bonds. The molecule has 1 heterocycles. The van der Waals surface area contributed by atoms with Crippen LogP contribution in [0.1, 0.15) is 66.2 Å². The maximum absolute atomic E-state index is 3.71. The average Bonchev–Trinajstić information content (AvgIpc) is 2.32. The van der Waals surface area contributed by atoms with E-state index in [1.165, 1.54) is 51.6 Å². The Morgan fingerprint density at radius 3 is 2.50 bits per heavy atom. The van der Waals surface area contributed by atoms with Crippen LogP contribution in [-0.4, -0.2) is 36.1 Å². The summed E-state index contributed by atoms with van der Waals surface area (Å²) in [5.41, 5.74) is 0.594. The minimum atomic E-state index is 0.594. The molecule has 0 radical (unpaired) electrons. The standard InChI is InChI=1S/C16H32N2/c1-5-6-14-12-18(13(2)11-17-14)15-7-9-16(3,4)10-8-15/h13-15,17H,5-12H2,1-4H3. The Kier molecular flexibility index (Phi) is 4.71. The summed E-state index contributed by atoms with van der Waals surface area (Å²) in [4.78, 5) is 2.81. The number of nitrogens with one attached hydrogen (secondary N) is 1. The molecule has 2 fully saturated rings. The van der Waals surface area contributed by atoms with Crippen molar-refractivity contribution in [2.75, 3.05) is 13.1 Å². The van der Waals surface area contributed by atoms with Gasteiger partial charge in [0.05, 0.1) is 0 Å². The number of nitrogens with zero attached hydrogens (tertiary/aromatic N) is 1. The summed E-state index contributed by atoms with van der Waals surface area (Å²) >= 11 is 0. The van der Waals surface area contributed by atoms with Crippen molar-refractivity contribution in [2.45, 2.75) is 84.3 Å². The van der Waals surface area contributed by atoms with Crippen LogP contribution in [0.5, 0.6) is 0 Å². The Morgan fingerprint density at radius 2 is 1.89 bits per heavy atom. The topological polar surface area (TPSA) is 15.3 Å². The molecule has 2 atom stereocenters. The van der Waals surface area contributed by atoms with E-state index in [0.29, 0.717) is 5.41 Å². The highest BCUT2D eigenvalue weighted by Crippen LogP contribution is 2.37. The van der Waals surface area contributed by atoms with Crippen molar-refractivity contribution < 1.29 is 0 Å². The molecule has 0 aromatic carbocycles. The van der Waals surface area contributed by atoms with Gasteiger partial charge >= 0.3 is 0 Å². The van der Waals surface area contributed by atoms with E-state index in [1.54, 1.807) is 0 Å². The normalized spacial score (nSPS) is 34.7. The fourth-order valence-corrected chi connectivity index (χ4v) is 3.72. The van der Waals surface area contributed by atoms with Crippen LogP contribution in [0.15, 0.2) is 0 Å². The fraction of sp³-hybridized carbons (Fsp3) is 1.00. The molecule has 0 bridgehead atoms. The van der Waals surface area contributed by atoms with Crippen molar-refractivity contribution in [3.63, 3.8) is 0 Å². The van der Waals surface area contributed by atoms with Crippen molar-refractivity contribution in [1.82, 2.24) is 10.2 Å². The number of rotatable bonds is 3. The van der Waals surface area contributed by atoms with Crippen LogP contribution in [0.25, 0.3) is 0 Å². The molecular formula is C16H32N2. The van der Waals surface area contributed by atoms with Gasteiger partial charge in [0.15, 0.2) is 0 Å². The molecule has 0 aromatic heterocycles. The second kappa shape index (κ2) is 5.92. The Hall–Kier alpha value is -0.0800. The lowest BCUT2D eigenvalue weighted by Crippen LogP contribution is -2.59. The minimum absolute atomic E-state index is 0.594. The van der Waals surface area contributed by atoms with Gasteiger partial charge in [-0.05, 0) is 44.4 Å². The number of piperazine rings is 1. The second-order valence-electron chi connectivity index (χ2n) is 7.34. The average molecular weight is 252 g/mol. The van der Waals surface area contributed by atoms with Crippen molar-refractivity contribution in [3.8, 4) is 0 Å². The summed E-state index contributed by atoms with van der Waals surface area (Å²) in [7, 11) is 0. The molecule has 0 aromatic rings. The molecule has 0 spiro atoms. The Bertz CT molecular complexity index is 252. The lowest BCUT2D eigenvalue weighted by atomic mass is 9.75. The molecule has 1 aliphatic carbocycles. The largest absolute Gasteiger partial charge is 0.311 e. The third-order valence-corrected chi connectivity index (χ3v) is 5.11. The highest BCUT2D eigenvalue weighted by Gasteiger charge is 2.34. The highest BCUT2D eigenvalue weighted by atomic mass is 15.2. The predicted molar refractivity (Wildman–Crippen MR) is 78.9 cm³/mol. The SMILES string of the molecule is CCCC1CN(C2CCC(C)(C)CC2)C(C)CN1. The summed E-state index contributed by atoms with van der Waals surface area (Å²) in [5, 5.41) is 3.71. The van der Waals surface area contributed by atoms with Gasteiger partial charge in [-0.3, -0.25) is 4.90 Å². The van der Waals surface area contributed by atoms with Crippen LogP contribution >= 0.6 is 0 Å². The smallest absolute Gasteiger partial charge is 0.0196 e. The molecule has 18 heavy (non-hydrogen) atoms. The molecule has 2 unspecified atom stereocenters.